The molecule has 0 saturated carbocycles. The summed E-state index contributed by atoms with van der Waals surface area (Å²) < 4.78 is 20.9. The molecule has 162 valence electrons. The number of aliphatic hydroxyl groups is 2. The van der Waals surface area contributed by atoms with Crippen LogP contribution < -0.4 is 5.56 Å². The number of fused-ring (bicyclic) bond motifs is 1. The number of hydrogen-bond donors (Lipinski definition) is 2. The van der Waals surface area contributed by atoms with Crippen LogP contribution in [0, 0.1) is 5.82 Å². The van der Waals surface area contributed by atoms with E-state index in [9.17, 15) is 19.4 Å². The summed E-state index contributed by atoms with van der Waals surface area (Å²) >= 11 is 0. The van der Waals surface area contributed by atoms with Crippen molar-refractivity contribution in [1.82, 2.24) is 4.57 Å². The monoisotopic (exact) mass is 423 g/mol. The van der Waals surface area contributed by atoms with Gasteiger partial charge in [0.1, 0.15) is 5.82 Å². The first-order valence-electron chi connectivity index (χ1n) is 10.5. The zero-order valence-electron chi connectivity index (χ0n) is 17.5. The molecule has 31 heavy (non-hydrogen) atoms. The second-order valence-electron chi connectivity index (χ2n) is 8.20. The van der Waals surface area contributed by atoms with Crippen molar-refractivity contribution in [2.45, 2.75) is 51.2 Å². The topological polar surface area (TPSA) is 71.7 Å². The minimum absolute atomic E-state index is 0.110. The lowest BCUT2D eigenvalue weighted by Crippen LogP contribution is -2.34. The van der Waals surface area contributed by atoms with Gasteiger partial charge in [-0.2, -0.15) is 0 Å². The Labute approximate surface area is 180 Å². The Kier molecular flexibility index (Phi) is 6.05. The summed E-state index contributed by atoms with van der Waals surface area (Å²) in [6, 6.07) is 13.5. The van der Waals surface area contributed by atoms with Gasteiger partial charge in [0.15, 0.2) is 6.29 Å². The fourth-order valence-corrected chi connectivity index (χ4v) is 4.21. The maximum atomic E-state index is 13.6. The van der Waals surface area contributed by atoms with E-state index in [1.54, 1.807) is 28.8 Å². The lowest BCUT2D eigenvalue weighted by molar-refractivity contribution is -0.175. The van der Waals surface area contributed by atoms with Gasteiger partial charge in [0.25, 0.3) is 5.56 Å². The third-order valence-electron chi connectivity index (χ3n) is 5.59. The maximum Gasteiger partial charge on any atom is 0.259 e. The van der Waals surface area contributed by atoms with E-state index in [4.69, 9.17) is 4.74 Å². The summed E-state index contributed by atoms with van der Waals surface area (Å²) in [5.74, 6) is -0.332. The first-order valence-corrected chi connectivity index (χ1v) is 10.5. The predicted octanol–water partition coefficient (Wildman–Crippen LogP) is 4.26. The van der Waals surface area contributed by atoms with Crippen LogP contribution in [0.1, 0.15) is 38.4 Å². The summed E-state index contributed by atoms with van der Waals surface area (Å²) in [7, 11) is 0. The number of ether oxygens (including phenoxy) is 1. The Balaban J connectivity index is 1.96. The standard InChI is InChI=1S/C25H26FNO4/c1-15(2)27-22(12-11-19-13-18(28)14-23(29)31-19)24(16-7-9-17(26)10-8-16)20-5-3-4-6-21(20)25(27)30/h3-12,15,18-19,23,28-29H,13-14H2,1-2H3/t18-,19+,23?/m1/s1. The molecule has 3 aromatic rings. The van der Waals surface area contributed by atoms with E-state index in [0.717, 1.165) is 16.5 Å². The Morgan fingerprint density at radius 1 is 1.06 bits per heavy atom. The van der Waals surface area contributed by atoms with Gasteiger partial charge in [0, 0.05) is 29.8 Å². The number of aliphatic hydroxyl groups excluding tert-OH is 2. The molecule has 0 amide bonds. The van der Waals surface area contributed by atoms with Gasteiger partial charge < -0.3 is 19.5 Å². The molecule has 5 nitrogen and oxygen atoms in total. The summed E-state index contributed by atoms with van der Waals surface area (Å²) in [6.45, 7) is 3.87. The SMILES string of the molecule is CC(C)n1c(C=C[C@H]2C[C@@H](O)CC(O)O2)c(-c2ccc(F)cc2)c2ccccc2c1=O. The van der Waals surface area contributed by atoms with Gasteiger partial charge in [0.2, 0.25) is 0 Å². The molecule has 1 unspecified atom stereocenters. The van der Waals surface area contributed by atoms with Gasteiger partial charge in [0.05, 0.1) is 17.9 Å². The molecule has 1 aliphatic heterocycles. The number of halogens is 1. The number of hydrogen-bond acceptors (Lipinski definition) is 4. The fourth-order valence-electron chi connectivity index (χ4n) is 4.21. The zero-order chi connectivity index (χ0) is 22.1. The van der Waals surface area contributed by atoms with Crippen molar-refractivity contribution in [1.29, 1.82) is 0 Å². The van der Waals surface area contributed by atoms with Crippen molar-refractivity contribution in [3.8, 4) is 11.1 Å². The van der Waals surface area contributed by atoms with Crippen molar-refractivity contribution in [3.63, 3.8) is 0 Å². The smallest absolute Gasteiger partial charge is 0.259 e. The van der Waals surface area contributed by atoms with Gasteiger partial charge in [-0.1, -0.05) is 36.4 Å². The molecule has 0 bridgehead atoms. The average Bonchev–Trinajstić information content (AvgIpc) is 2.72. The first-order chi connectivity index (χ1) is 14.8. The summed E-state index contributed by atoms with van der Waals surface area (Å²) in [6.07, 6.45) is 1.94. The molecular weight excluding hydrogens is 397 g/mol. The lowest BCUT2D eigenvalue weighted by atomic mass is 9.95. The van der Waals surface area contributed by atoms with Gasteiger partial charge in [-0.15, -0.1) is 0 Å². The highest BCUT2D eigenvalue weighted by atomic mass is 19.1. The van der Waals surface area contributed by atoms with Crippen molar-refractivity contribution < 1.29 is 19.3 Å². The predicted molar refractivity (Wildman–Crippen MR) is 119 cm³/mol. The molecule has 1 aromatic heterocycles. The van der Waals surface area contributed by atoms with Gasteiger partial charge >= 0.3 is 0 Å². The van der Waals surface area contributed by atoms with E-state index < -0.39 is 18.5 Å². The normalized spacial score (nSPS) is 21.9. The van der Waals surface area contributed by atoms with Crippen LogP contribution in [0.5, 0.6) is 0 Å². The van der Waals surface area contributed by atoms with Crippen molar-refractivity contribution in [2.24, 2.45) is 0 Å². The highest BCUT2D eigenvalue weighted by molar-refractivity contribution is 5.99. The molecule has 6 heteroatoms. The Morgan fingerprint density at radius 3 is 2.39 bits per heavy atom. The van der Waals surface area contributed by atoms with Gasteiger partial charge in [-0.05, 0) is 49.1 Å². The van der Waals surface area contributed by atoms with Crippen LogP contribution in [0.25, 0.3) is 28.0 Å². The molecule has 0 spiro atoms. The van der Waals surface area contributed by atoms with Crippen LogP contribution in [-0.2, 0) is 4.74 Å². The van der Waals surface area contributed by atoms with E-state index >= 15 is 0 Å². The van der Waals surface area contributed by atoms with Gasteiger partial charge in [-0.25, -0.2) is 4.39 Å². The van der Waals surface area contributed by atoms with Crippen LogP contribution in [-0.4, -0.2) is 33.3 Å². The number of aromatic nitrogens is 1. The number of nitrogens with zero attached hydrogens (tertiary/aromatic N) is 1. The molecule has 0 aliphatic carbocycles. The number of rotatable bonds is 4. The minimum Gasteiger partial charge on any atom is -0.393 e. The molecule has 2 aromatic carbocycles. The summed E-state index contributed by atoms with van der Waals surface area (Å²) in [5.41, 5.74) is 2.16. The van der Waals surface area contributed by atoms with Crippen molar-refractivity contribution in [3.05, 3.63) is 76.5 Å². The van der Waals surface area contributed by atoms with Gasteiger partial charge in [-0.3, -0.25) is 4.79 Å². The van der Waals surface area contributed by atoms with Crippen LogP contribution in [0.4, 0.5) is 4.39 Å². The highest BCUT2D eigenvalue weighted by Crippen LogP contribution is 2.33. The second-order valence-corrected chi connectivity index (χ2v) is 8.20. The van der Waals surface area contributed by atoms with Crippen molar-refractivity contribution in [2.75, 3.05) is 0 Å². The Morgan fingerprint density at radius 2 is 1.74 bits per heavy atom. The van der Waals surface area contributed by atoms with E-state index in [1.165, 1.54) is 12.1 Å². The largest absolute Gasteiger partial charge is 0.393 e. The molecule has 1 aliphatic rings. The molecule has 3 atom stereocenters. The van der Waals surface area contributed by atoms with E-state index in [2.05, 4.69) is 0 Å². The molecule has 1 fully saturated rings. The highest BCUT2D eigenvalue weighted by Gasteiger charge is 2.26. The summed E-state index contributed by atoms with van der Waals surface area (Å²) in [4.78, 5) is 13.3. The molecular formula is C25H26FNO4. The molecule has 1 saturated heterocycles. The van der Waals surface area contributed by atoms with E-state index in [-0.39, 0.29) is 23.8 Å². The molecule has 2 heterocycles. The minimum atomic E-state index is -1.03. The quantitative estimate of drug-likeness (QED) is 0.658. The number of pyridine rings is 1. The van der Waals surface area contributed by atoms with Crippen LogP contribution in [0.2, 0.25) is 0 Å². The van der Waals surface area contributed by atoms with E-state index in [0.29, 0.717) is 17.5 Å². The van der Waals surface area contributed by atoms with E-state index in [1.807, 2.05) is 38.1 Å². The zero-order valence-corrected chi connectivity index (χ0v) is 17.5. The third kappa shape index (κ3) is 4.32. The summed E-state index contributed by atoms with van der Waals surface area (Å²) in [5, 5.41) is 21.2. The Bertz CT molecular complexity index is 1160. The second kappa shape index (κ2) is 8.75. The fraction of sp³-hybridized carbons (Fsp3) is 0.320. The van der Waals surface area contributed by atoms with Crippen molar-refractivity contribution >= 4 is 16.8 Å². The Hall–Kier alpha value is -2.80. The lowest BCUT2D eigenvalue weighted by Gasteiger charge is -2.28. The molecule has 4 rings (SSSR count). The number of benzene rings is 2. The third-order valence-corrected chi connectivity index (χ3v) is 5.59. The molecule has 0 radical (unpaired) electrons. The van der Waals surface area contributed by atoms with Crippen LogP contribution in [0.15, 0.2) is 59.4 Å². The van der Waals surface area contributed by atoms with Crippen LogP contribution >= 0.6 is 0 Å². The maximum absolute atomic E-state index is 13.6. The average molecular weight is 423 g/mol. The molecule has 2 N–H and O–H groups in total. The first kappa shape index (κ1) is 21.4. The van der Waals surface area contributed by atoms with Crippen LogP contribution in [0.3, 0.4) is 0 Å².